The fourth-order valence-corrected chi connectivity index (χ4v) is 3.31. The van der Waals surface area contributed by atoms with Gasteiger partial charge in [-0.1, -0.05) is 12.1 Å². The standard InChI is InChI=1S/C23H28N2O4/c1-27-20-7-4-18(5-8-20)17-24-10-12-25(13-11-24)23(26)9-6-19-14-21(28-2)16-22(15-19)29-3/h4-9,14-16H,10-13,17H2,1-3H3/b9-6+. The Morgan fingerprint density at radius 3 is 2.00 bits per heavy atom. The van der Waals surface area contributed by atoms with E-state index in [1.54, 1.807) is 39.5 Å². The summed E-state index contributed by atoms with van der Waals surface area (Å²) in [5, 5.41) is 0. The molecule has 1 amide bonds. The summed E-state index contributed by atoms with van der Waals surface area (Å²) in [6.45, 7) is 4.05. The largest absolute Gasteiger partial charge is 0.497 e. The van der Waals surface area contributed by atoms with Crippen LogP contribution in [0.1, 0.15) is 11.1 Å². The van der Waals surface area contributed by atoms with Crippen LogP contribution in [-0.2, 0) is 11.3 Å². The highest BCUT2D eigenvalue weighted by molar-refractivity contribution is 5.92. The van der Waals surface area contributed by atoms with Crippen LogP contribution in [0.2, 0.25) is 0 Å². The number of ether oxygens (including phenoxy) is 3. The highest BCUT2D eigenvalue weighted by Crippen LogP contribution is 2.23. The molecule has 0 bridgehead atoms. The Morgan fingerprint density at radius 1 is 0.862 bits per heavy atom. The smallest absolute Gasteiger partial charge is 0.246 e. The van der Waals surface area contributed by atoms with Gasteiger partial charge in [0.1, 0.15) is 17.2 Å². The van der Waals surface area contributed by atoms with Crippen molar-refractivity contribution in [2.45, 2.75) is 6.54 Å². The Bertz CT molecular complexity index is 818. The fraction of sp³-hybridized carbons (Fsp3) is 0.348. The molecule has 6 nitrogen and oxygen atoms in total. The second kappa shape index (κ2) is 9.98. The van der Waals surface area contributed by atoms with E-state index >= 15 is 0 Å². The molecule has 1 fully saturated rings. The van der Waals surface area contributed by atoms with Gasteiger partial charge >= 0.3 is 0 Å². The molecule has 0 atom stereocenters. The molecule has 0 saturated carbocycles. The van der Waals surface area contributed by atoms with Crippen LogP contribution in [0.5, 0.6) is 17.2 Å². The summed E-state index contributed by atoms with van der Waals surface area (Å²) in [7, 11) is 4.89. The van der Waals surface area contributed by atoms with E-state index in [9.17, 15) is 4.79 Å². The van der Waals surface area contributed by atoms with E-state index in [1.165, 1.54) is 5.56 Å². The molecule has 1 aliphatic rings. The van der Waals surface area contributed by atoms with E-state index in [-0.39, 0.29) is 5.91 Å². The highest BCUT2D eigenvalue weighted by atomic mass is 16.5. The zero-order valence-corrected chi connectivity index (χ0v) is 17.3. The summed E-state index contributed by atoms with van der Waals surface area (Å²) in [6.07, 6.45) is 3.42. The third-order valence-electron chi connectivity index (χ3n) is 5.04. The number of carbonyl (C=O) groups is 1. The molecular weight excluding hydrogens is 368 g/mol. The predicted octanol–water partition coefficient (Wildman–Crippen LogP) is 3.07. The molecule has 0 aromatic heterocycles. The van der Waals surface area contributed by atoms with Gasteiger partial charge in [0.15, 0.2) is 0 Å². The van der Waals surface area contributed by atoms with Crippen molar-refractivity contribution in [1.29, 1.82) is 0 Å². The molecular formula is C23H28N2O4. The van der Waals surface area contributed by atoms with Crippen LogP contribution in [-0.4, -0.2) is 63.2 Å². The third-order valence-corrected chi connectivity index (χ3v) is 5.04. The van der Waals surface area contributed by atoms with Gasteiger partial charge in [-0.15, -0.1) is 0 Å². The Hall–Kier alpha value is -2.99. The van der Waals surface area contributed by atoms with E-state index < -0.39 is 0 Å². The quantitative estimate of drug-likeness (QED) is 0.674. The second-order valence-corrected chi connectivity index (χ2v) is 6.93. The molecule has 154 valence electrons. The number of amides is 1. The summed E-state index contributed by atoms with van der Waals surface area (Å²) < 4.78 is 15.7. The van der Waals surface area contributed by atoms with Crippen LogP contribution >= 0.6 is 0 Å². The number of hydrogen-bond donors (Lipinski definition) is 0. The molecule has 3 rings (SSSR count). The van der Waals surface area contributed by atoms with Crippen molar-refractivity contribution in [3.8, 4) is 17.2 Å². The summed E-state index contributed by atoms with van der Waals surface area (Å²) >= 11 is 0. The maximum atomic E-state index is 12.6. The molecule has 0 spiro atoms. The van der Waals surface area contributed by atoms with Gasteiger partial charge < -0.3 is 19.1 Å². The fourth-order valence-electron chi connectivity index (χ4n) is 3.31. The molecule has 2 aromatic rings. The van der Waals surface area contributed by atoms with E-state index in [4.69, 9.17) is 14.2 Å². The van der Waals surface area contributed by atoms with Crippen LogP contribution in [0, 0.1) is 0 Å². The normalized spacial score (nSPS) is 14.8. The molecule has 0 aliphatic carbocycles. The van der Waals surface area contributed by atoms with Crippen LogP contribution in [0.3, 0.4) is 0 Å². The van der Waals surface area contributed by atoms with Crippen molar-refractivity contribution in [3.63, 3.8) is 0 Å². The number of hydrogen-bond acceptors (Lipinski definition) is 5. The maximum absolute atomic E-state index is 12.6. The molecule has 1 saturated heterocycles. The van der Waals surface area contributed by atoms with Crippen molar-refractivity contribution in [1.82, 2.24) is 9.80 Å². The van der Waals surface area contributed by atoms with E-state index in [1.807, 2.05) is 29.2 Å². The van der Waals surface area contributed by atoms with Crippen LogP contribution in [0.15, 0.2) is 48.5 Å². The highest BCUT2D eigenvalue weighted by Gasteiger charge is 2.19. The monoisotopic (exact) mass is 396 g/mol. The number of piperazine rings is 1. The van der Waals surface area contributed by atoms with Crippen LogP contribution < -0.4 is 14.2 Å². The van der Waals surface area contributed by atoms with Gasteiger partial charge in [0.05, 0.1) is 21.3 Å². The third kappa shape index (κ3) is 5.74. The summed E-state index contributed by atoms with van der Waals surface area (Å²) in [6, 6.07) is 13.7. The first-order valence-corrected chi connectivity index (χ1v) is 9.66. The van der Waals surface area contributed by atoms with Gasteiger partial charge in [0.25, 0.3) is 0 Å². The Balaban J connectivity index is 1.52. The average Bonchev–Trinajstić information content (AvgIpc) is 2.78. The minimum Gasteiger partial charge on any atom is -0.497 e. The summed E-state index contributed by atoms with van der Waals surface area (Å²) in [5.41, 5.74) is 2.12. The van der Waals surface area contributed by atoms with Crippen molar-refractivity contribution in [3.05, 3.63) is 59.7 Å². The molecule has 0 N–H and O–H groups in total. The van der Waals surface area contributed by atoms with E-state index in [0.29, 0.717) is 11.5 Å². The van der Waals surface area contributed by atoms with Gasteiger partial charge in [-0.3, -0.25) is 9.69 Å². The molecule has 1 heterocycles. The molecule has 29 heavy (non-hydrogen) atoms. The lowest BCUT2D eigenvalue weighted by molar-refractivity contribution is -0.127. The van der Waals surface area contributed by atoms with E-state index in [0.717, 1.165) is 44.0 Å². The molecule has 1 aliphatic heterocycles. The SMILES string of the molecule is COc1ccc(CN2CCN(C(=O)/C=C/c3cc(OC)cc(OC)c3)CC2)cc1. The molecule has 2 aromatic carbocycles. The number of benzene rings is 2. The van der Waals surface area contributed by atoms with Gasteiger partial charge in [-0.05, 0) is 41.5 Å². The summed E-state index contributed by atoms with van der Waals surface area (Å²) in [4.78, 5) is 16.8. The molecule has 6 heteroatoms. The van der Waals surface area contributed by atoms with Crippen LogP contribution in [0.25, 0.3) is 6.08 Å². The predicted molar refractivity (Wildman–Crippen MR) is 113 cm³/mol. The number of carbonyl (C=O) groups excluding carboxylic acids is 1. The zero-order valence-electron chi connectivity index (χ0n) is 17.3. The lowest BCUT2D eigenvalue weighted by Gasteiger charge is -2.34. The number of methoxy groups -OCH3 is 3. The summed E-state index contributed by atoms with van der Waals surface area (Å²) in [5.74, 6) is 2.28. The lowest BCUT2D eigenvalue weighted by atomic mass is 10.1. The van der Waals surface area contributed by atoms with Crippen LogP contribution in [0.4, 0.5) is 0 Å². The van der Waals surface area contributed by atoms with Crippen molar-refractivity contribution in [2.24, 2.45) is 0 Å². The minimum atomic E-state index is 0.0240. The topological polar surface area (TPSA) is 51.2 Å². The van der Waals surface area contributed by atoms with Gasteiger partial charge in [-0.2, -0.15) is 0 Å². The zero-order chi connectivity index (χ0) is 20.6. The molecule has 0 radical (unpaired) electrons. The first-order valence-electron chi connectivity index (χ1n) is 9.66. The average molecular weight is 396 g/mol. The Labute approximate surface area is 172 Å². The van der Waals surface area contributed by atoms with Crippen molar-refractivity contribution in [2.75, 3.05) is 47.5 Å². The maximum Gasteiger partial charge on any atom is 0.246 e. The van der Waals surface area contributed by atoms with E-state index in [2.05, 4.69) is 17.0 Å². The number of rotatable bonds is 7. The van der Waals surface area contributed by atoms with Gasteiger partial charge in [0, 0.05) is 44.9 Å². The first-order chi connectivity index (χ1) is 14.1. The number of nitrogens with zero attached hydrogens (tertiary/aromatic N) is 2. The first kappa shape index (κ1) is 20.7. The Morgan fingerprint density at radius 2 is 1.45 bits per heavy atom. The molecule has 0 unspecified atom stereocenters. The van der Waals surface area contributed by atoms with Crippen molar-refractivity contribution >= 4 is 12.0 Å². The van der Waals surface area contributed by atoms with Gasteiger partial charge in [-0.25, -0.2) is 0 Å². The van der Waals surface area contributed by atoms with Crippen molar-refractivity contribution < 1.29 is 19.0 Å². The second-order valence-electron chi connectivity index (χ2n) is 6.93. The minimum absolute atomic E-state index is 0.0240. The van der Waals surface area contributed by atoms with Gasteiger partial charge in [0.2, 0.25) is 5.91 Å². The lowest BCUT2D eigenvalue weighted by Crippen LogP contribution is -2.47. The Kier molecular flexibility index (Phi) is 7.14.